The number of fused-ring (bicyclic) bond motifs is 1. The van der Waals surface area contributed by atoms with Crippen molar-refractivity contribution in [3.8, 4) is 10.4 Å². The molecule has 1 aliphatic rings. The summed E-state index contributed by atoms with van der Waals surface area (Å²) >= 11 is 1.49. The van der Waals surface area contributed by atoms with E-state index in [1.807, 2.05) is 29.1 Å². The first-order valence-electron chi connectivity index (χ1n) is 9.23. The van der Waals surface area contributed by atoms with E-state index < -0.39 is 10.0 Å². The summed E-state index contributed by atoms with van der Waals surface area (Å²) in [6.07, 6.45) is 1.64. The molecule has 0 saturated heterocycles. The van der Waals surface area contributed by atoms with Crippen molar-refractivity contribution in [3.05, 3.63) is 52.9 Å². The van der Waals surface area contributed by atoms with Gasteiger partial charge >= 0.3 is 0 Å². The number of aryl methyl sites for hydroxylation is 2. The molecule has 10 heteroatoms. The van der Waals surface area contributed by atoms with Crippen LogP contribution in [0.4, 0.5) is 0 Å². The Hall–Kier alpha value is -2.56. The third kappa shape index (κ3) is 3.83. The van der Waals surface area contributed by atoms with E-state index in [1.165, 1.54) is 30.5 Å². The number of sulfonamides is 1. The van der Waals surface area contributed by atoms with Crippen LogP contribution in [0.3, 0.4) is 0 Å². The monoisotopic (exact) mass is 431 g/mol. The molecule has 1 unspecified atom stereocenters. The van der Waals surface area contributed by atoms with E-state index in [1.54, 1.807) is 6.07 Å². The number of nitrogens with zero attached hydrogens (tertiary/aromatic N) is 3. The fraction of sp³-hybridized carbons (Fsp3) is 0.316. The van der Waals surface area contributed by atoms with Gasteiger partial charge in [-0.25, -0.2) is 22.8 Å². The molecule has 2 aromatic heterocycles. The third-order valence-corrected chi connectivity index (χ3v) is 7.20. The van der Waals surface area contributed by atoms with E-state index in [4.69, 9.17) is 0 Å². The average Bonchev–Trinajstić information content (AvgIpc) is 3.37. The van der Waals surface area contributed by atoms with Gasteiger partial charge in [-0.3, -0.25) is 4.79 Å². The van der Waals surface area contributed by atoms with Crippen molar-refractivity contribution in [1.82, 2.24) is 24.8 Å². The molecule has 0 fully saturated rings. The molecule has 0 radical (unpaired) electrons. The van der Waals surface area contributed by atoms with Crippen molar-refractivity contribution in [1.29, 1.82) is 0 Å². The number of nitrogens with one attached hydrogen (secondary N) is 2. The Bertz CT molecular complexity index is 1150. The zero-order chi connectivity index (χ0) is 20.6. The number of thiophene rings is 1. The molecule has 1 amide bonds. The molecule has 0 aliphatic carbocycles. The number of carbonyl (C=O) groups excluding carboxylic acids is 1. The van der Waals surface area contributed by atoms with E-state index in [0.29, 0.717) is 17.0 Å². The lowest BCUT2D eigenvalue weighted by atomic mass is 10.0. The Kier molecular flexibility index (Phi) is 5.24. The van der Waals surface area contributed by atoms with E-state index in [9.17, 15) is 13.2 Å². The van der Waals surface area contributed by atoms with Crippen LogP contribution < -0.4 is 10.0 Å². The quantitative estimate of drug-likeness (QED) is 0.646. The maximum absolute atomic E-state index is 13.2. The fourth-order valence-electron chi connectivity index (χ4n) is 3.48. The van der Waals surface area contributed by atoms with Gasteiger partial charge in [0.15, 0.2) is 0 Å². The third-order valence-electron chi connectivity index (χ3n) is 4.89. The zero-order valence-electron chi connectivity index (χ0n) is 16.0. The molecule has 4 rings (SSSR count). The van der Waals surface area contributed by atoms with Gasteiger partial charge in [-0.2, -0.15) is 5.10 Å². The predicted octanol–water partition coefficient (Wildman–Crippen LogP) is 2.49. The predicted molar refractivity (Wildman–Crippen MR) is 110 cm³/mol. The SMILES string of the molecule is CNS(=O)(=O)c1ccc(-c2cccs2)c(C(=O)NC2CCCn3nc(C)nc32)c1. The van der Waals surface area contributed by atoms with E-state index in [-0.39, 0.29) is 16.8 Å². The second kappa shape index (κ2) is 7.69. The summed E-state index contributed by atoms with van der Waals surface area (Å²) < 4.78 is 28.7. The standard InChI is InChI=1S/C19H21N5O3S2/c1-12-21-18-16(5-3-9-24(18)23-12)22-19(25)15-11-13(29(26,27)20-2)7-8-14(15)17-6-4-10-28-17/h4,6-8,10-11,16,20H,3,5,9H2,1-2H3,(H,22,25). The van der Waals surface area contributed by atoms with Crippen molar-refractivity contribution in [2.24, 2.45) is 0 Å². The van der Waals surface area contributed by atoms with Crippen LogP contribution in [-0.4, -0.2) is 36.1 Å². The lowest BCUT2D eigenvalue weighted by Crippen LogP contribution is -2.33. The second-order valence-electron chi connectivity index (χ2n) is 6.80. The molecule has 1 aliphatic heterocycles. The molecule has 8 nitrogen and oxygen atoms in total. The average molecular weight is 432 g/mol. The Morgan fingerprint density at radius 2 is 2.14 bits per heavy atom. The molecule has 2 N–H and O–H groups in total. The van der Waals surface area contributed by atoms with Crippen molar-refractivity contribution in [3.63, 3.8) is 0 Å². The van der Waals surface area contributed by atoms with Crippen LogP contribution >= 0.6 is 11.3 Å². The number of aromatic nitrogens is 3. The van der Waals surface area contributed by atoms with E-state index in [2.05, 4.69) is 20.1 Å². The number of hydrogen-bond donors (Lipinski definition) is 2. The molecule has 152 valence electrons. The summed E-state index contributed by atoms with van der Waals surface area (Å²) in [4.78, 5) is 18.6. The first kappa shape index (κ1) is 19.7. The molecule has 3 aromatic rings. The Morgan fingerprint density at radius 3 is 2.86 bits per heavy atom. The topological polar surface area (TPSA) is 106 Å². The van der Waals surface area contributed by atoms with Crippen LogP contribution in [0, 0.1) is 6.92 Å². The minimum absolute atomic E-state index is 0.0492. The van der Waals surface area contributed by atoms with Crippen LogP contribution in [-0.2, 0) is 16.6 Å². The molecular weight excluding hydrogens is 410 g/mol. The largest absolute Gasteiger partial charge is 0.342 e. The maximum Gasteiger partial charge on any atom is 0.252 e. The maximum atomic E-state index is 13.2. The summed E-state index contributed by atoms with van der Waals surface area (Å²) in [5.41, 5.74) is 1.01. The molecular formula is C19H21N5O3S2. The highest BCUT2D eigenvalue weighted by molar-refractivity contribution is 7.89. The number of benzene rings is 1. The second-order valence-corrected chi connectivity index (χ2v) is 9.64. The lowest BCUT2D eigenvalue weighted by Gasteiger charge is -2.23. The van der Waals surface area contributed by atoms with Gasteiger partial charge in [-0.1, -0.05) is 12.1 Å². The summed E-state index contributed by atoms with van der Waals surface area (Å²) in [7, 11) is -2.32. The van der Waals surface area contributed by atoms with Crippen molar-refractivity contribution >= 4 is 27.3 Å². The first-order valence-corrected chi connectivity index (χ1v) is 11.6. The van der Waals surface area contributed by atoms with Crippen LogP contribution in [0.2, 0.25) is 0 Å². The van der Waals surface area contributed by atoms with Gasteiger partial charge in [0, 0.05) is 22.5 Å². The minimum atomic E-state index is -3.67. The summed E-state index contributed by atoms with van der Waals surface area (Å²) in [5.74, 6) is 1.07. The molecule has 29 heavy (non-hydrogen) atoms. The van der Waals surface area contributed by atoms with Gasteiger partial charge < -0.3 is 5.32 Å². The fourth-order valence-corrected chi connectivity index (χ4v) is 5.01. The first-order chi connectivity index (χ1) is 13.9. The Morgan fingerprint density at radius 1 is 1.31 bits per heavy atom. The molecule has 0 saturated carbocycles. The number of carbonyl (C=O) groups is 1. The van der Waals surface area contributed by atoms with E-state index in [0.717, 1.165) is 30.1 Å². The van der Waals surface area contributed by atoms with Crippen LogP contribution in [0.1, 0.15) is 40.9 Å². The van der Waals surface area contributed by atoms with Crippen molar-refractivity contribution in [2.45, 2.75) is 37.2 Å². The summed E-state index contributed by atoms with van der Waals surface area (Å²) in [6, 6.07) is 8.15. The van der Waals surface area contributed by atoms with Gasteiger partial charge in [0.05, 0.1) is 10.9 Å². The summed E-state index contributed by atoms with van der Waals surface area (Å²) in [5, 5.41) is 9.31. The molecule has 0 bridgehead atoms. The van der Waals surface area contributed by atoms with Gasteiger partial charge in [0.2, 0.25) is 10.0 Å². The number of amides is 1. The minimum Gasteiger partial charge on any atom is -0.342 e. The van der Waals surface area contributed by atoms with Crippen LogP contribution in [0.25, 0.3) is 10.4 Å². The highest BCUT2D eigenvalue weighted by atomic mass is 32.2. The smallest absolute Gasteiger partial charge is 0.252 e. The van der Waals surface area contributed by atoms with Crippen molar-refractivity contribution in [2.75, 3.05) is 7.05 Å². The van der Waals surface area contributed by atoms with Crippen molar-refractivity contribution < 1.29 is 13.2 Å². The highest BCUT2D eigenvalue weighted by Crippen LogP contribution is 2.31. The van der Waals surface area contributed by atoms with Crippen LogP contribution in [0.5, 0.6) is 0 Å². The molecule has 1 aromatic carbocycles. The Balaban J connectivity index is 1.73. The van der Waals surface area contributed by atoms with E-state index >= 15 is 0 Å². The number of hydrogen-bond acceptors (Lipinski definition) is 6. The Labute approximate surface area is 173 Å². The van der Waals surface area contributed by atoms with Gasteiger partial charge in [-0.05, 0) is 50.4 Å². The van der Waals surface area contributed by atoms with Crippen LogP contribution in [0.15, 0.2) is 40.6 Å². The normalized spacial score (nSPS) is 16.4. The molecule has 3 heterocycles. The summed E-state index contributed by atoms with van der Waals surface area (Å²) in [6.45, 7) is 2.60. The van der Waals surface area contributed by atoms with Gasteiger partial charge in [-0.15, -0.1) is 11.3 Å². The number of rotatable bonds is 5. The lowest BCUT2D eigenvalue weighted by molar-refractivity contribution is 0.0927. The van der Waals surface area contributed by atoms with Gasteiger partial charge in [0.1, 0.15) is 11.6 Å². The molecule has 1 atom stereocenters. The zero-order valence-corrected chi connectivity index (χ0v) is 17.7. The van der Waals surface area contributed by atoms with Gasteiger partial charge in [0.25, 0.3) is 5.91 Å². The highest BCUT2D eigenvalue weighted by Gasteiger charge is 2.27. The molecule has 0 spiro atoms.